The molecule has 0 aliphatic carbocycles. The number of nitrogens with one attached hydrogen (secondary N) is 1. The van der Waals surface area contributed by atoms with Crippen LogP contribution in [0.25, 0.3) is 0 Å². The first-order valence-corrected chi connectivity index (χ1v) is 7.11. The lowest BCUT2D eigenvalue weighted by Crippen LogP contribution is -2.37. The summed E-state index contributed by atoms with van der Waals surface area (Å²) in [5.41, 5.74) is 2.27. The summed E-state index contributed by atoms with van der Waals surface area (Å²) in [6.45, 7) is 6.69. The molecule has 0 aliphatic heterocycles. The topological polar surface area (TPSA) is 63.7 Å². The number of ether oxygens (including phenoxy) is 2. The van der Waals surface area contributed by atoms with E-state index in [0.717, 1.165) is 17.9 Å². The van der Waals surface area contributed by atoms with Gasteiger partial charge < -0.3 is 19.7 Å². The van der Waals surface area contributed by atoms with E-state index in [2.05, 4.69) is 10.3 Å². The highest BCUT2D eigenvalue weighted by Crippen LogP contribution is 2.17. The number of amides is 1. The van der Waals surface area contributed by atoms with Crippen LogP contribution in [0.3, 0.4) is 0 Å². The molecule has 0 saturated heterocycles. The summed E-state index contributed by atoms with van der Waals surface area (Å²) in [4.78, 5) is 18.7. The molecule has 6 nitrogen and oxygen atoms in total. The predicted octanol–water partition coefficient (Wildman–Crippen LogP) is 1.56. The summed E-state index contributed by atoms with van der Waals surface area (Å²) in [7, 11) is 3.24. The van der Waals surface area contributed by atoms with E-state index in [1.807, 2.05) is 19.9 Å². The third-order valence-corrected chi connectivity index (χ3v) is 3.06. The molecule has 0 aliphatic rings. The second-order valence-corrected chi connectivity index (χ2v) is 4.68. The minimum Gasteiger partial charge on any atom is -0.385 e. The quantitative estimate of drug-likeness (QED) is 0.749. The number of aryl methyl sites for hydroxylation is 1. The molecule has 1 aromatic heterocycles. The van der Waals surface area contributed by atoms with Crippen molar-refractivity contribution in [3.05, 3.63) is 23.5 Å². The van der Waals surface area contributed by atoms with Crippen molar-refractivity contribution in [3.63, 3.8) is 0 Å². The Balaban J connectivity index is 2.95. The number of pyridine rings is 1. The first-order valence-electron chi connectivity index (χ1n) is 7.11. The first-order chi connectivity index (χ1) is 10.1. The molecule has 0 aromatic carbocycles. The second kappa shape index (κ2) is 9.31. The number of anilines is 1. The Kier molecular flexibility index (Phi) is 7.71. The third-order valence-electron chi connectivity index (χ3n) is 3.06. The van der Waals surface area contributed by atoms with Crippen LogP contribution in [0.1, 0.15) is 23.0 Å². The molecule has 1 N–H and O–H groups in total. The molecule has 1 heterocycles. The number of methoxy groups -OCH3 is 2. The van der Waals surface area contributed by atoms with Gasteiger partial charge in [-0.1, -0.05) is 0 Å². The van der Waals surface area contributed by atoms with Gasteiger partial charge in [0.1, 0.15) is 0 Å². The third kappa shape index (κ3) is 5.32. The normalized spacial score (nSPS) is 10.5. The molecule has 0 fully saturated rings. The van der Waals surface area contributed by atoms with E-state index in [9.17, 15) is 4.79 Å². The van der Waals surface area contributed by atoms with E-state index in [-0.39, 0.29) is 5.91 Å². The summed E-state index contributed by atoms with van der Waals surface area (Å²) >= 11 is 0. The van der Waals surface area contributed by atoms with Gasteiger partial charge in [-0.05, 0) is 19.9 Å². The zero-order chi connectivity index (χ0) is 15.7. The zero-order valence-electron chi connectivity index (χ0n) is 13.3. The number of carbonyl (C=O) groups excluding carboxylic acids is 1. The van der Waals surface area contributed by atoms with Gasteiger partial charge in [0.2, 0.25) is 0 Å². The van der Waals surface area contributed by atoms with Gasteiger partial charge in [0.15, 0.2) is 0 Å². The van der Waals surface area contributed by atoms with E-state index >= 15 is 0 Å². The van der Waals surface area contributed by atoms with Crippen molar-refractivity contribution in [1.82, 2.24) is 9.88 Å². The first kappa shape index (κ1) is 17.4. The van der Waals surface area contributed by atoms with Crippen molar-refractivity contribution in [2.45, 2.75) is 13.8 Å². The molecule has 0 atom stereocenters. The average Bonchev–Trinajstić information content (AvgIpc) is 2.47. The lowest BCUT2D eigenvalue weighted by atomic mass is 10.1. The van der Waals surface area contributed by atoms with Gasteiger partial charge >= 0.3 is 0 Å². The Morgan fingerprint density at radius 2 is 1.90 bits per heavy atom. The molecule has 21 heavy (non-hydrogen) atoms. The van der Waals surface area contributed by atoms with Crippen molar-refractivity contribution >= 4 is 11.6 Å². The predicted molar refractivity (Wildman–Crippen MR) is 82.8 cm³/mol. The summed E-state index contributed by atoms with van der Waals surface area (Å²) in [5.74, 6) is -0.0625. The number of nitrogens with zero attached hydrogens (tertiary/aromatic N) is 2. The number of hydrogen-bond donors (Lipinski definition) is 1. The monoisotopic (exact) mass is 295 g/mol. The highest BCUT2D eigenvalue weighted by atomic mass is 16.5. The fourth-order valence-corrected chi connectivity index (χ4v) is 1.96. The number of rotatable bonds is 9. The van der Waals surface area contributed by atoms with Gasteiger partial charge in [-0.2, -0.15) is 0 Å². The van der Waals surface area contributed by atoms with Crippen LogP contribution in [0.4, 0.5) is 5.69 Å². The van der Waals surface area contributed by atoms with Crippen molar-refractivity contribution in [3.8, 4) is 0 Å². The molecule has 0 radical (unpaired) electrons. The summed E-state index contributed by atoms with van der Waals surface area (Å²) in [6, 6.07) is 1.89. The van der Waals surface area contributed by atoms with Crippen LogP contribution in [0.5, 0.6) is 0 Å². The fraction of sp³-hybridized carbons (Fsp3) is 0.600. The maximum Gasteiger partial charge on any atom is 0.257 e. The summed E-state index contributed by atoms with van der Waals surface area (Å²) in [6.07, 6.45) is 1.63. The molecule has 0 saturated carbocycles. The molecule has 0 bridgehead atoms. The van der Waals surface area contributed by atoms with E-state index < -0.39 is 0 Å². The standard InChI is InChI=1S/C15H25N3O3/c1-5-16-14-10-12(2)17-11-13(14)15(19)18(6-8-20-3)7-9-21-4/h10-11H,5-9H2,1-4H3,(H,16,17). The van der Waals surface area contributed by atoms with Crippen molar-refractivity contribution in [2.75, 3.05) is 52.4 Å². The van der Waals surface area contributed by atoms with Gasteiger partial charge in [0.25, 0.3) is 5.91 Å². The molecule has 1 amide bonds. The van der Waals surface area contributed by atoms with E-state index in [0.29, 0.717) is 31.9 Å². The van der Waals surface area contributed by atoms with Crippen molar-refractivity contribution < 1.29 is 14.3 Å². The summed E-state index contributed by atoms with van der Waals surface area (Å²) in [5, 5.41) is 3.21. The molecule has 1 aromatic rings. The SMILES string of the molecule is CCNc1cc(C)ncc1C(=O)N(CCOC)CCOC. The highest BCUT2D eigenvalue weighted by molar-refractivity contribution is 5.99. The van der Waals surface area contributed by atoms with Crippen LogP contribution in [-0.2, 0) is 9.47 Å². The summed E-state index contributed by atoms with van der Waals surface area (Å²) < 4.78 is 10.1. The molecule has 6 heteroatoms. The molecule has 0 unspecified atom stereocenters. The van der Waals surface area contributed by atoms with E-state index in [1.165, 1.54) is 0 Å². The molecular formula is C15H25N3O3. The average molecular weight is 295 g/mol. The Labute approximate surface area is 126 Å². The Morgan fingerprint density at radius 1 is 1.29 bits per heavy atom. The molecule has 0 spiro atoms. The lowest BCUT2D eigenvalue weighted by Gasteiger charge is -2.23. The number of hydrogen-bond acceptors (Lipinski definition) is 5. The highest BCUT2D eigenvalue weighted by Gasteiger charge is 2.19. The molecule has 1 rings (SSSR count). The van der Waals surface area contributed by atoms with Crippen LogP contribution < -0.4 is 5.32 Å². The van der Waals surface area contributed by atoms with Gasteiger partial charge in [-0.25, -0.2) is 0 Å². The Morgan fingerprint density at radius 3 is 2.43 bits per heavy atom. The second-order valence-electron chi connectivity index (χ2n) is 4.68. The van der Waals surface area contributed by atoms with Gasteiger partial charge in [-0.3, -0.25) is 9.78 Å². The van der Waals surface area contributed by atoms with E-state index in [4.69, 9.17) is 9.47 Å². The molecular weight excluding hydrogens is 270 g/mol. The minimum absolute atomic E-state index is 0.0625. The zero-order valence-corrected chi connectivity index (χ0v) is 13.3. The van der Waals surface area contributed by atoms with Crippen LogP contribution in [0, 0.1) is 6.92 Å². The van der Waals surface area contributed by atoms with Crippen LogP contribution in [-0.4, -0.2) is 62.9 Å². The van der Waals surface area contributed by atoms with Crippen molar-refractivity contribution in [1.29, 1.82) is 0 Å². The number of aromatic nitrogens is 1. The van der Waals surface area contributed by atoms with Gasteiger partial charge in [-0.15, -0.1) is 0 Å². The minimum atomic E-state index is -0.0625. The maximum absolute atomic E-state index is 12.7. The van der Waals surface area contributed by atoms with Gasteiger partial charge in [0, 0.05) is 45.7 Å². The van der Waals surface area contributed by atoms with Gasteiger partial charge in [0.05, 0.1) is 24.5 Å². The van der Waals surface area contributed by atoms with Crippen LogP contribution in [0.15, 0.2) is 12.3 Å². The largest absolute Gasteiger partial charge is 0.385 e. The fourth-order valence-electron chi connectivity index (χ4n) is 1.96. The van der Waals surface area contributed by atoms with Crippen LogP contribution >= 0.6 is 0 Å². The van der Waals surface area contributed by atoms with Crippen molar-refractivity contribution in [2.24, 2.45) is 0 Å². The van der Waals surface area contributed by atoms with Crippen LogP contribution in [0.2, 0.25) is 0 Å². The Bertz CT molecular complexity index is 444. The lowest BCUT2D eigenvalue weighted by molar-refractivity contribution is 0.0628. The molecule has 118 valence electrons. The number of carbonyl (C=O) groups is 1. The van der Waals surface area contributed by atoms with E-state index in [1.54, 1.807) is 25.3 Å². The smallest absolute Gasteiger partial charge is 0.257 e. The Hall–Kier alpha value is -1.66. The maximum atomic E-state index is 12.7.